The van der Waals surface area contributed by atoms with Crippen molar-refractivity contribution >= 4 is 0 Å². The molecule has 2 heteroatoms. The maximum atomic E-state index is 8.47. The van der Waals surface area contributed by atoms with Crippen LogP contribution in [0.15, 0.2) is 54.6 Å². The summed E-state index contributed by atoms with van der Waals surface area (Å²) in [5.74, 6) is 0.343. The second-order valence-electron chi connectivity index (χ2n) is 2.11. The molecule has 0 aliphatic carbocycles. The van der Waals surface area contributed by atoms with Gasteiger partial charge in [0.05, 0.1) is 0 Å². The molecule has 0 atom stereocenters. The molecule has 12 heavy (non-hydrogen) atoms. The van der Waals surface area contributed by atoms with Gasteiger partial charge in [0.2, 0.25) is 0 Å². The Morgan fingerprint density at radius 1 is 1.00 bits per heavy atom. The molecule has 0 aromatic heterocycles. The van der Waals surface area contributed by atoms with Crippen LogP contribution in [0.1, 0.15) is 0 Å². The number of aromatic hydroxyl groups is 1. The molecule has 0 aliphatic rings. The van der Waals surface area contributed by atoms with Gasteiger partial charge in [-0.25, -0.2) is 18.2 Å². The van der Waals surface area contributed by atoms with Gasteiger partial charge in [-0.3, -0.25) is 0 Å². The van der Waals surface area contributed by atoms with Crippen LogP contribution in [0.3, 0.4) is 0 Å². The third-order valence-corrected chi connectivity index (χ3v) is 1.20. The molecule has 0 amide bonds. The van der Waals surface area contributed by atoms with Gasteiger partial charge in [0.25, 0.3) is 0 Å². The van der Waals surface area contributed by atoms with Crippen molar-refractivity contribution in [2.45, 2.75) is 0 Å². The van der Waals surface area contributed by atoms with Crippen LogP contribution >= 0.6 is 0 Å². The van der Waals surface area contributed by atoms with Crippen LogP contribution in [0.2, 0.25) is 0 Å². The third kappa shape index (κ3) is 5.09. The van der Waals surface area contributed by atoms with Gasteiger partial charge < -0.3 is 5.11 Å². The van der Waals surface area contributed by atoms with Crippen LogP contribution in [-0.2, 0) is 26.2 Å². The fourth-order valence-electron chi connectivity index (χ4n) is 0.685. The molecule has 2 aromatic rings. The summed E-state index contributed by atoms with van der Waals surface area (Å²) in [4.78, 5) is 0. The molecule has 0 aliphatic heterocycles. The van der Waals surface area contributed by atoms with Crippen LogP contribution in [0.25, 0.3) is 0 Å². The molecule has 1 nitrogen and oxygen atoms in total. The molecule has 60 valence electrons. The van der Waals surface area contributed by atoms with E-state index in [0.717, 1.165) is 0 Å². The van der Waals surface area contributed by atoms with Gasteiger partial charge in [-0.15, -0.1) is 6.07 Å². The van der Waals surface area contributed by atoms with E-state index in [1.807, 2.05) is 30.3 Å². The van der Waals surface area contributed by atoms with Crippen LogP contribution in [0.5, 0.6) is 5.75 Å². The maximum Gasteiger partial charge on any atom is 2.00 e. The maximum absolute atomic E-state index is 8.47. The summed E-state index contributed by atoms with van der Waals surface area (Å²) in [5.41, 5.74) is 0. The first-order valence-corrected chi connectivity index (χ1v) is 3.47. The van der Waals surface area contributed by atoms with Gasteiger partial charge >= 0.3 is 26.2 Å². The number of hydrogen-bond acceptors (Lipinski definition) is 1. The average molecular weight is 237 g/mol. The van der Waals surface area contributed by atoms with Gasteiger partial charge in [0.1, 0.15) is 0 Å². The summed E-state index contributed by atoms with van der Waals surface area (Å²) < 4.78 is 0. The van der Waals surface area contributed by atoms with E-state index in [-0.39, 0.29) is 26.2 Å². The molecule has 2 aromatic carbocycles. The van der Waals surface area contributed by atoms with Crippen molar-refractivity contribution in [2.24, 2.45) is 0 Å². The molecule has 0 heterocycles. The number of rotatable bonds is 0. The molecular weight excluding hydrogens is 227 g/mol. The zero-order valence-electron chi connectivity index (χ0n) is 6.64. The van der Waals surface area contributed by atoms with E-state index in [1.54, 1.807) is 24.3 Å². The Labute approximate surface area is 91.5 Å². The predicted molar refractivity (Wildman–Crippen MR) is 45.7 cm³/mol. The van der Waals surface area contributed by atoms with Crippen molar-refractivity contribution in [2.75, 3.05) is 0 Å². The summed E-state index contributed by atoms with van der Waals surface area (Å²) in [6.45, 7) is 0. The summed E-state index contributed by atoms with van der Waals surface area (Å²) >= 11 is 0. The average Bonchev–Trinajstić information content (AvgIpc) is 2.57. The fourth-order valence-corrected chi connectivity index (χ4v) is 0.685. The standard InChI is InChI=1S/C5H5O.C5H5.Zr/c6-5-3-1-2-4-5;1-2-4-5-3-1;/h1-4,6H;1-5H;/q2*-1;+2. The Hall–Kier alpha value is -0.617. The van der Waals surface area contributed by atoms with Gasteiger partial charge in [0, 0.05) is 0 Å². The Bertz CT molecular complexity index is 228. The van der Waals surface area contributed by atoms with Crippen LogP contribution in [0, 0.1) is 0 Å². The molecule has 1 N–H and O–H groups in total. The van der Waals surface area contributed by atoms with Gasteiger partial charge in [-0.05, 0) is 5.75 Å². The summed E-state index contributed by atoms with van der Waals surface area (Å²) in [5, 5.41) is 8.47. The van der Waals surface area contributed by atoms with E-state index in [2.05, 4.69) is 0 Å². The monoisotopic (exact) mass is 236 g/mol. The van der Waals surface area contributed by atoms with E-state index in [1.165, 1.54) is 0 Å². The van der Waals surface area contributed by atoms with Gasteiger partial charge in [0.15, 0.2) is 0 Å². The van der Waals surface area contributed by atoms with Crippen molar-refractivity contribution in [3.05, 3.63) is 54.6 Å². The second-order valence-corrected chi connectivity index (χ2v) is 2.11. The second kappa shape index (κ2) is 7.06. The molecule has 0 saturated heterocycles. The van der Waals surface area contributed by atoms with Crippen molar-refractivity contribution in [1.82, 2.24) is 0 Å². The minimum Gasteiger partial charge on any atom is -0.534 e. The minimum absolute atomic E-state index is 0. The first-order valence-electron chi connectivity index (χ1n) is 3.47. The topological polar surface area (TPSA) is 20.2 Å². The summed E-state index contributed by atoms with van der Waals surface area (Å²) in [6, 6.07) is 16.9. The Balaban J connectivity index is 0.000000189. The fraction of sp³-hybridized carbons (Fsp3) is 0. The largest absolute Gasteiger partial charge is 2.00 e. The zero-order chi connectivity index (χ0) is 7.94. The molecule has 2 rings (SSSR count). The zero-order valence-corrected chi connectivity index (χ0v) is 9.10. The first-order chi connectivity index (χ1) is 5.39. The smallest absolute Gasteiger partial charge is 0.534 e. The van der Waals surface area contributed by atoms with E-state index in [9.17, 15) is 0 Å². The Morgan fingerprint density at radius 3 is 1.83 bits per heavy atom. The summed E-state index contributed by atoms with van der Waals surface area (Å²) in [6.07, 6.45) is 0. The van der Waals surface area contributed by atoms with E-state index >= 15 is 0 Å². The Morgan fingerprint density at radius 2 is 1.67 bits per heavy atom. The van der Waals surface area contributed by atoms with Crippen molar-refractivity contribution in [1.29, 1.82) is 0 Å². The molecule has 0 saturated carbocycles. The first kappa shape index (κ1) is 11.4. The van der Waals surface area contributed by atoms with Gasteiger partial charge in [-0.1, -0.05) is 0 Å². The SMILES string of the molecule is Oc1ccc[cH-]1.[Zr+2].c1cc[cH-]c1. The summed E-state index contributed by atoms with van der Waals surface area (Å²) in [7, 11) is 0. The minimum atomic E-state index is 0. The normalized spacial score (nSPS) is 7.67. The molecule has 0 spiro atoms. The van der Waals surface area contributed by atoms with Crippen LogP contribution in [0.4, 0.5) is 0 Å². The van der Waals surface area contributed by atoms with E-state index in [0.29, 0.717) is 5.75 Å². The quantitative estimate of drug-likeness (QED) is 0.698. The van der Waals surface area contributed by atoms with E-state index in [4.69, 9.17) is 5.11 Å². The molecule has 0 fully saturated rings. The molecular formula is C10H10OZr. The van der Waals surface area contributed by atoms with Crippen molar-refractivity contribution in [3.63, 3.8) is 0 Å². The van der Waals surface area contributed by atoms with E-state index < -0.39 is 0 Å². The molecule has 0 unspecified atom stereocenters. The predicted octanol–water partition coefficient (Wildman–Crippen LogP) is 2.51. The third-order valence-electron chi connectivity index (χ3n) is 1.20. The molecule has 0 radical (unpaired) electrons. The van der Waals surface area contributed by atoms with Crippen LogP contribution < -0.4 is 0 Å². The Kier molecular flexibility index (Phi) is 6.69. The van der Waals surface area contributed by atoms with Crippen LogP contribution in [-0.4, -0.2) is 5.11 Å². The number of hydrogen-bond donors (Lipinski definition) is 1. The van der Waals surface area contributed by atoms with Crippen molar-refractivity contribution < 1.29 is 31.3 Å². The van der Waals surface area contributed by atoms with Gasteiger partial charge in [-0.2, -0.15) is 30.3 Å². The molecule has 0 bridgehead atoms. The van der Waals surface area contributed by atoms with Crippen molar-refractivity contribution in [3.8, 4) is 5.75 Å².